The summed E-state index contributed by atoms with van der Waals surface area (Å²) in [7, 11) is 0. The molecule has 2 heteroatoms. The second-order valence-corrected chi connectivity index (χ2v) is 5.77. The molecule has 0 aromatic heterocycles. The highest BCUT2D eigenvalue weighted by atomic mass is 16.5. The lowest BCUT2D eigenvalue weighted by Gasteiger charge is -2.05. The molecule has 0 amide bonds. The summed E-state index contributed by atoms with van der Waals surface area (Å²) < 4.78 is 10.9. The van der Waals surface area contributed by atoms with E-state index >= 15 is 0 Å². The Hall–Kier alpha value is -1.28. The summed E-state index contributed by atoms with van der Waals surface area (Å²) in [5.74, 6) is 0. The zero-order valence-corrected chi connectivity index (χ0v) is 13.3. The minimum Gasteiger partial charge on any atom is -0.472 e. The van der Waals surface area contributed by atoms with Gasteiger partial charge in [0.25, 0.3) is 0 Å². The molecule has 0 unspecified atom stereocenters. The maximum absolute atomic E-state index is 5.68. The van der Waals surface area contributed by atoms with Crippen molar-refractivity contribution < 1.29 is 9.15 Å². The number of unbranched alkanes of at least 4 members (excludes halogenated alkanes) is 5. The van der Waals surface area contributed by atoms with Crippen molar-refractivity contribution in [3.8, 4) is 11.1 Å². The van der Waals surface area contributed by atoms with Crippen LogP contribution in [0.15, 0.2) is 35.1 Å². The standard InChI is InChI=1S/C19H28O2/c1-2-3-4-7-13-20-14-8-5-6-9-17-10-11-18-16-21-15-12-19(17)18/h10-12,15-16H,2-9,13-14H2,1H3. The van der Waals surface area contributed by atoms with Crippen LogP contribution in [0.3, 0.4) is 0 Å². The monoisotopic (exact) mass is 288 g/mol. The molecule has 2 nitrogen and oxygen atoms in total. The Morgan fingerprint density at radius 3 is 2.52 bits per heavy atom. The lowest BCUT2D eigenvalue weighted by Crippen LogP contribution is -1.97. The highest BCUT2D eigenvalue weighted by Crippen LogP contribution is 2.28. The quantitative estimate of drug-likeness (QED) is 0.495. The SMILES string of the molecule is CCCCCCOCCCCCc1ccc2coccc1-2. The van der Waals surface area contributed by atoms with E-state index in [1.165, 1.54) is 61.6 Å². The Morgan fingerprint density at radius 1 is 0.905 bits per heavy atom. The molecule has 0 saturated heterocycles. The molecule has 116 valence electrons. The van der Waals surface area contributed by atoms with Gasteiger partial charge in [0.1, 0.15) is 0 Å². The summed E-state index contributed by atoms with van der Waals surface area (Å²) >= 11 is 0. The second-order valence-electron chi connectivity index (χ2n) is 5.77. The van der Waals surface area contributed by atoms with E-state index in [2.05, 4.69) is 25.1 Å². The molecule has 0 aromatic rings. The van der Waals surface area contributed by atoms with Crippen molar-refractivity contribution in [2.75, 3.05) is 13.2 Å². The average molecular weight is 288 g/mol. The van der Waals surface area contributed by atoms with Gasteiger partial charge in [-0.3, -0.25) is 0 Å². The molecule has 0 saturated carbocycles. The minimum absolute atomic E-state index is 0.923. The predicted molar refractivity (Wildman–Crippen MR) is 87.8 cm³/mol. The summed E-state index contributed by atoms with van der Waals surface area (Å²) in [5, 5.41) is 0. The molecule has 1 aliphatic heterocycles. The molecule has 2 rings (SSSR count). The Labute approximate surface area is 128 Å². The first-order chi connectivity index (χ1) is 10.4. The fraction of sp³-hybridized carbons (Fsp3) is 0.579. The Bertz CT molecular complexity index is 461. The van der Waals surface area contributed by atoms with Gasteiger partial charge in [-0.15, -0.1) is 0 Å². The van der Waals surface area contributed by atoms with Gasteiger partial charge < -0.3 is 9.15 Å². The molecule has 0 N–H and O–H groups in total. The lowest BCUT2D eigenvalue weighted by atomic mass is 10.0. The van der Waals surface area contributed by atoms with Crippen LogP contribution >= 0.6 is 0 Å². The summed E-state index contributed by atoms with van der Waals surface area (Å²) in [6.07, 6.45) is 13.6. The smallest absolute Gasteiger partial charge is 0.0979 e. The Balaban J connectivity index is 1.51. The van der Waals surface area contributed by atoms with Gasteiger partial charge in [0.15, 0.2) is 0 Å². The summed E-state index contributed by atoms with van der Waals surface area (Å²) in [5.41, 5.74) is 4.00. The van der Waals surface area contributed by atoms with Crippen LogP contribution in [-0.2, 0) is 11.2 Å². The summed E-state index contributed by atoms with van der Waals surface area (Å²) in [6, 6.07) is 6.45. The number of aryl methyl sites for hydroxylation is 1. The number of rotatable bonds is 11. The molecule has 21 heavy (non-hydrogen) atoms. The van der Waals surface area contributed by atoms with Crippen LogP contribution in [0.5, 0.6) is 0 Å². The number of hydrogen-bond donors (Lipinski definition) is 0. The molecule has 2 aliphatic rings. The maximum atomic E-state index is 5.68. The fourth-order valence-electron chi connectivity index (χ4n) is 2.73. The van der Waals surface area contributed by atoms with Crippen LogP contribution in [-0.4, -0.2) is 13.2 Å². The minimum atomic E-state index is 0.923. The van der Waals surface area contributed by atoms with Crippen molar-refractivity contribution in [2.45, 2.75) is 58.3 Å². The van der Waals surface area contributed by atoms with E-state index in [1.54, 1.807) is 6.26 Å². The molecule has 0 atom stereocenters. The van der Waals surface area contributed by atoms with Gasteiger partial charge in [0.2, 0.25) is 0 Å². The molecule has 0 spiro atoms. The predicted octanol–water partition coefficient (Wildman–Crippen LogP) is 5.69. The molecular formula is C19H28O2. The van der Waals surface area contributed by atoms with Crippen LogP contribution < -0.4 is 0 Å². The van der Waals surface area contributed by atoms with Gasteiger partial charge in [-0.05, 0) is 42.9 Å². The van der Waals surface area contributed by atoms with Crippen molar-refractivity contribution in [1.82, 2.24) is 0 Å². The van der Waals surface area contributed by atoms with Crippen LogP contribution in [0, 0.1) is 0 Å². The molecule has 1 heterocycles. The Kier molecular flexibility index (Phi) is 7.37. The van der Waals surface area contributed by atoms with E-state index in [9.17, 15) is 0 Å². The first kappa shape index (κ1) is 16.1. The van der Waals surface area contributed by atoms with Gasteiger partial charge in [-0.25, -0.2) is 0 Å². The van der Waals surface area contributed by atoms with E-state index in [4.69, 9.17) is 9.15 Å². The molecule has 0 bridgehead atoms. The summed E-state index contributed by atoms with van der Waals surface area (Å²) in [4.78, 5) is 0. The second kappa shape index (κ2) is 9.62. The topological polar surface area (TPSA) is 22.4 Å². The van der Waals surface area contributed by atoms with Crippen LogP contribution in [0.2, 0.25) is 0 Å². The van der Waals surface area contributed by atoms with Gasteiger partial charge >= 0.3 is 0 Å². The first-order valence-corrected chi connectivity index (χ1v) is 8.43. The third kappa shape index (κ3) is 5.55. The third-order valence-electron chi connectivity index (χ3n) is 4.01. The highest BCUT2D eigenvalue weighted by Gasteiger charge is 2.08. The molecule has 1 aliphatic carbocycles. The molecule has 0 fully saturated rings. The largest absolute Gasteiger partial charge is 0.472 e. The van der Waals surface area contributed by atoms with Gasteiger partial charge in [-0.1, -0.05) is 44.7 Å². The van der Waals surface area contributed by atoms with Crippen molar-refractivity contribution in [2.24, 2.45) is 0 Å². The Morgan fingerprint density at radius 2 is 1.71 bits per heavy atom. The van der Waals surface area contributed by atoms with Crippen LogP contribution in [0.25, 0.3) is 11.1 Å². The maximum Gasteiger partial charge on any atom is 0.0979 e. The van der Waals surface area contributed by atoms with Gasteiger partial charge in [0, 0.05) is 18.8 Å². The van der Waals surface area contributed by atoms with Crippen molar-refractivity contribution in [1.29, 1.82) is 0 Å². The van der Waals surface area contributed by atoms with Gasteiger partial charge in [-0.2, -0.15) is 0 Å². The average Bonchev–Trinajstić information content (AvgIpc) is 2.92. The van der Waals surface area contributed by atoms with Crippen molar-refractivity contribution in [3.05, 3.63) is 36.3 Å². The lowest BCUT2D eigenvalue weighted by molar-refractivity contribution is 0.126. The molecule has 0 aromatic carbocycles. The van der Waals surface area contributed by atoms with E-state index in [0.717, 1.165) is 19.6 Å². The van der Waals surface area contributed by atoms with Gasteiger partial charge in [0.05, 0.1) is 12.5 Å². The fourth-order valence-corrected chi connectivity index (χ4v) is 2.73. The van der Waals surface area contributed by atoms with E-state index in [0.29, 0.717) is 0 Å². The molecular weight excluding hydrogens is 260 g/mol. The first-order valence-electron chi connectivity index (χ1n) is 8.43. The normalized spacial score (nSPS) is 11.3. The zero-order chi connectivity index (χ0) is 14.8. The van der Waals surface area contributed by atoms with E-state index < -0.39 is 0 Å². The van der Waals surface area contributed by atoms with E-state index in [1.807, 2.05) is 6.26 Å². The highest BCUT2D eigenvalue weighted by molar-refractivity contribution is 5.69. The van der Waals surface area contributed by atoms with Crippen LogP contribution in [0.1, 0.15) is 57.4 Å². The number of fused-ring (bicyclic) bond motifs is 1. The molecule has 0 radical (unpaired) electrons. The van der Waals surface area contributed by atoms with Crippen molar-refractivity contribution >= 4 is 0 Å². The number of hydrogen-bond acceptors (Lipinski definition) is 2. The number of ether oxygens (including phenoxy) is 1. The van der Waals surface area contributed by atoms with E-state index in [-0.39, 0.29) is 0 Å². The van der Waals surface area contributed by atoms with Crippen LogP contribution in [0.4, 0.5) is 0 Å². The summed E-state index contributed by atoms with van der Waals surface area (Å²) in [6.45, 7) is 4.11. The zero-order valence-electron chi connectivity index (χ0n) is 13.3. The van der Waals surface area contributed by atoms with Crippen molar-refractivity contribution in [3.63, 3.8) is 0 Å². The third-order valence-corrected chi connectivity index (χ3v) is 4.01.